The van der Waals surface area contributed by atoms with Gasteiger partial charge in [0.1, 0.15) is 18.8 Å². The first-order chi connectivity index (χ1) is 15.1. The lowest BCUT2D eigenvalue weighted by Gasteiger charge is -2.20. The van der Waals surface area contributed by atoms with Crippen molar-refractivity contribution < 1.29 is 19.7 Å². The van der Waals surface area contributed by atoms with Crippen LogP contribution in [0.15, 0.2) is 79.4 Å². The molecule has 3 aromatic rings. The van der Waals surface area contributed by atoms with E-state index in [0.717, 1.165) is 27.8 Å². The van der Waals surface area contributed by atoms with Crippen LogP contribution in [-0.4, -0.2) is 35.6 Å². The van der Waals surface area contributed by atoms with Crippen molar-refractivity contribution in [2.75, 3.05) is 13.2 Å². The Morgan fingerprint density at radius 3 is 2.19 bits per heavy atom. The average Bonchev–Trinajstić information content (AvgIpc) is 3.14. The van der Waals surface area contributed by atoms with Crippen molar-refractivity contribution in [1.29, 1.82) is 0 Å². The summed E-state index contributed by atoms with van der Waals surface area (Å²) in [6.45, 7) is 3.78. The molecule has 0 radical (unpaired) electrons. The standard InChI is InChI=1S/C26H25NO4/c1-2-17-9-3-4-10-18(17)25(29)24(28)15-27-26(30)31-16-23-21-13-7-5-11-19(21)20-12-6-8-14-22(20)23/h2-14,23-25,28-29H,1,15-16H2,(H,27,30). The fraction of sp³-hybridized carbons (Fsp3) is 0.192. The molecule has 1 aliphatic rings. The molecule has 0 saturated heterocycles. The van der Waals surface area contributed by atoms with Crippen molar-refractivity contribution in [3.8, 4) is 11.1 Å². The second-order valence-electron chi connectivity index (χ2n) is 7.55. The van der Waals surface area contributed by atoms with Gasteiger partial charge in [-0.2, -0.15) is 0 Å². The molecule has 0 saturated carbocycles. The predicted octanol–water partition coefficient (Wildman–Crippen LogP) is 4.26. The van der Waals surface area contributed by atoms with Gasteiger partial charge in [0.15, 0.2) is 0 Å². The number of alkyl carbamates (subject to hydrolysis) is 1. The van der Waals surface area contributed by atoms with Crippen molar-refractivity contribution >= 4 is 12.2 Å². The lowest BCUT2D eigenvalue weighted by atomic mass is 9.98. The van der Waals surface area contributed by atoms with Crippen LogP contribution in [0.5, 0.6) is 0 Å². The highest BCUT2D eigenvalue weighted by molar-refractivity contribution is 5.79. The predicted molar refractivity (Wildman–Crippen MR) is 121 cm³/mol. The zero-order chi connectivity index (χ0) is 21.8. The van der Waals surface area contributed by atoms with Gasteiger partial charge < -0.3 is 20.3 Å². The molecule has 158 valence electrons. The van der Waals surface area contributed by atoms with Gasteiger partial charge in [0.2, 0.25) is 0 Å². The second kappa shape index (κ2) is 9.16. The van der Waals surface area contributed by atoms with Crippen molar-refractivity contribution in [2.24, 2.45) is 0 Å². The van der Waals surface area contributed by atoms with Gasteiger partial charge in [0.05, 0.1) is 0 Å². The topological polar surface area (TPSA) is 78.8 Å². The van der Waals surface area contributed by atoms with Crippen LogP contribution < -0.4 is 5.32 Å². The summed E-state index contributed by atoms with van der Waals surface area (Å²) in [5, 5.41) is 23.3. The molecule has 31 heavy (non-hydrogen) atoms. The smallest absolute Gasteiger partial charge is 0.407 e. The molecule has 4 rings (SSSR count). The minimum absolute atomic E-state index is 0.0341. The minimum Gasteiger partial charge on any atom is -0.449 e. The van der Waals surface area contributed by atoms with Crippen LogP contribution >= 0.6 is 0 Å². The van der Waals surface area contributed by atoms with Gasteiger partial charge in [-0.25, -0.2) is 4.79 Å². The molecular weight excluding hydrogens is 390 g/mol. The fourth-order valence-corrected chi connectivity index (χ4v) is 4.12. The molecule has 1 amide bonds. The third kappa shape index (κ3) is 4.24. The third-order valence-corrected chi connectivity index (χ3v) is 5.70. The summed E-state index contributed by atoms with van der Waals surface area (Å²) < 4.78 is 5.46. The Bertz CT molecular complexity index is 1050. The van der Waals surface area contributed by atoms with Crippen LogP contribution in [0, 0.1) is 0 Å². The number of hydrogen-bond donors (Lipinski definition) is 3. The van der Waals surface area contributed by atoms with Gasteiger partial charge >= 0.3 is 6.09 Å². The van der Waals surface area contributed by atoms with Gasteiger partial charge in [-0.1, -0.05) is 85.5 Å². The Balaban J connectivity index is 1.35. The summed E-state index contributed by atoms with van der Waals surface area (Å²) in [7, 11) is 0. The first-order valence-electron chi connectivity index (χ1n) is 10.3. The van der Waals surface area contributed by atoms with E-state index in [2.05, 4.69) is 36.2 Å². The Morgan fingerprint density at radius 1 is 0.968 bits per heavy atom. The average molecular weight is 415 g/mol. The number of carbonyl (C=O) groups is 1. The molecule has 0 bridgehead atoms. The number of fused-ring (bicyclic) bond motifs is 3. The molecule has 0 heterocycles. The second-order valence-corrected chi connectivity index (χ2v) is 7.55. The van der Waals surface area contributed by atoms with E-state index < -0.39 is 18.3 Å². The molecule has 3 N–H and O–H groups in total. The van der Waals surface area contributed by atoms with Crippen molar-refractivity contribution in [1.82, 2.24) is 5.32 Å². The summed E-state index contributed by atoms with van der Waals surface area (Å²) >= 11 is 0. The molecular formula is C26H25NO4. The van der Waals surface area contributed by atoms with E-state index in [1.165, 1.54) is 0 Å². The number of rotatable bonds is 7. The molecule has 2 unspecified atom stereocenters. The zero-order valence-corrected chi connectivity index (χ0v) is 17.1. The quantitative estimate of drug-likeness (QED) is 0.539. The van der Waals surface area contributed by atoms with Crippen LogP contribution in [0.25, 0.3) is 17.2 Å². The summed E-state index contributed by atoms with van der Waals surface area (Å²) in [4.78, 5) is 12.3. The van der Waals surface area contributed by atoms with E-state index in [0.29, 0.717) is 5.56 Å². The third-order valence-electron chi connectivity index (χ3n) is 5.70. The number of aliphatic hydroxyl groups is 2. The maximum absolute atomic E-state index is 12.3. The van der Waals surface area contributed by atoms with Crippen molar-refractivity contribution in [3.05, 3.63) is 102 Å². The van der Waals surface area contributed by atoms with E-state index in [1.807, 2.05) is 30.3 Å². The van der Waals surface area contributed by atoms with E-state index in [1.54, 1.807) is 24.3 Å². The number of carbonyl (C=O) groups excluding carboxylic acids is 1. The lowest BCUT2D eigenvalue weighted by Crippen LogP contribution is -2.36. The zero-order valence-electron chi connectivity index (χ0n) is 17.1. The lowest BCUT2D eigenvalue weighted by molar-refractivity contribution is 0.0184. The number of hydrogen-bond acceptors (Lipinski definition) is 4. The molecule has 0 aromatic heterocycles. The van der Waals surface area contributed by atoms with Crippen molar-refractivity contribution in [2.45, 2.75) is 18.1 Å². The molecule has 2 atom stereocenters. The van der Waals surface area contributed by atoms with E-state index in [-0.39, 0.29) is 19.1 Å². The SMILES string of the molecule is C=Cc1ccccc1C(O)C(O)CNC(=O)OCC1c2ccccc2-c2ccccc21. The molecule has 0 fully saturated rings. The first kappa shape index (κ1) is 20.8. The molecule has 3 aromatic carbocycles. The molecule has 5 nitrogen and oxygen atoms in total. The van der Waals surface area contributed by atoms with E-state index in [4.69, 9.17) is 4.74 Å². The Kier molecular flexibility index (Phi) is 6.16. The number of benzene rings is 3. The van der Waals surface area contributed by atoms with Gasteiger partial charge in [-0.3, -0.25) is 0 Å². The number of nitrogens with one attached hydrogen (secondary N) is 1. The van der Waals surface area contributed by atoms with Gasteiger partial charge in [0, 0.05) is 12.5 Å². The maximum atomic E-state index is 12.3. The number of ether oxygens (including phenoxy) is 1. The van der Waals surface area contributed by atoms with Crippen LogP contribution in [0.4, 0.5) is 4.79 Å². The summed E-state index contributed by atoms with van der Waals surface area (Å²) in [5.74, 6) is -0.0341. The minimum atomic E-state index is -1.18. The Morgan fingerprint density at radius 2 is 1.55 bits per heavy atom. The van der Waals surface area contributed by atoms with Crippen molar-refractivity contribution in [3.63, 3.8) is 0 Å². The maximum Gasteiger partial charge on any atom is 0.407 e. The normalized spacial score (nSPS) is 14.3. The highest BCUT2D eigenvalue weighted by Crippen LogP contribution is 2.44. The van der Waals surface area contributed by atoms with Gasteiger partial charge in [-0.15, -0.1) is 0 Å². The number of amides is 1. The fourth-order valence-electron chi connectivity index (χ4n) is 4.12. The summed E-state index contributed by atoms with van der Waals surface area (Å²) in [5.41, 5.74) is 5.87. The summed E-state index contributed by atoms with van der Waals surface area (Å²) in [6.07, 6.45) is -1.35. The van der Waals surface area contributed by atoms with Crippen LogP contribution in [0.3, 0.4) is 0 Å². The first-order valence-corrected chi connectivity index (χ1v) is 10.3. The number of aliphatic hydroxyl groups excluding tert-OH is 2. The highest BCUT2D eigenvalue weighted by atomic mass is 16.5. The largest absolute Gasteiger partial charge is 0.449 e. The molecule has 0 spiro atoms. The van der Waals surface area contributed by atoms with Crippen LogP contribution in [0.1, 0.15) is 34.3 Å². The van der Waals surface area contributed by atoms with Gasteiger partial charge in [-0.05, 0) is 33.4 Å². The highest BCUT2D eigenvalue weighted by Gasteiger charge is 2.29. The van der Waals surface area contributed by atoms with Crippen LogP contribution in [0.2, 0.25) is 0 Å². The van der Waals surface area contributed by atoms with E-state index in [9.17, 15) is 15.0 Å². The monoisotopic (exact) mass is 415 g/mol. The van der Waals surface area contributed by atoms with Gasteiger partial charge in [0.25, 0.3) is 0 Å². The molecule has 5 heteroatoms. The van der Waals surface area contributed by atoms with Crippen LogP contribution in [-0.2, 0) is 4.74 Å². The van der Waals surface area contributed by atoms with E-state index >= 15 is 0 Å². The Hall–Kier alpha value is -3.41. The summed E-state index contributed by atoms with van der Waals surface area (Å²) in [6, 6.07) is 23.4. The molecule has 0 aliphatic heterocycles. The Labute approximate surface area is 181 Å². The molecule has 1 aliphatic carbocycles.